The number of piperazine rings is 1. The maximum atomic E-state index is 12.6. The van der Waals surface area contributed by atoms with Crippen LogP contribution in [0.4, 0.5) is 0 Å². The van der Waals surface area contributed by atoms with Crippen molar-refractivity contribution in [2.45, 2.75) is 18.6 Å². The molecule has 2 aliphatic rings. The number of aliphatic hydroxyl groups excluding tert-OH is 1. The zero-order valence-electron chi connectivity index (χ0n) is 19.8. The molecule has 0 bridgehead atoms. The lowest BCUT2D eigenvalue weighted by atomic mass is 9.96. The quantitative estimate of drug-likeness (QED) is 0.512. The molecule has 2 amide bonds. The van der Waals surface area contributed by atoms with Gasteiger partial charge in [-0.3, -0.25) is 24.3 Å². The van der Waals surface area contributed by atoms with Crippen molar-refractivity contribution in [3.05, 3.63) is 107 Å². The second kappa shape index (κ2) is 10.5. The zero-order valence-corrected chi connectivity index (χ0v) is 19.8. The summed E-state index contributed by atoms with van der Waals surface area (Å²) in [5.74, 6) is -0.529. The molecular weight excluding hydrogens is 438 g/mol. The average molecular weight is 470 g/mol. The van der Waals surface area contributed by atoms with Crippen LogP contribution < -0.4 is 0 Å². The van der Waals surface area contributed by atoms with Crippen molar-refractivity contribution in [1.29, 1.82) is 0 Å². The second-order valence-electron chi connectivity index (χ2n) is 9.31. The van der Waals surface area contributed by atoms with Crippen molar-refractivity contribution < 1.29 is 14.7 Å². The summed E-state index contributed by atoms with van der Waals surface area (Å²) in [7, 11) is 0. The van der Waals surface area contributed by atoms with Crippen molar-refractivity contribution in [3.63, 3.8) is 0 Å². The Morgan fingerprint density at radius 1 is 0.686 bits per heavy atom. The van der Waals surface area contributed by atoms with E-state index in [0.29, 0.717) is 24.1 Å². The van der Waals surface area contributed by atoms with Crippen LogP contribution in [0.2, 0.25) is 0 Å². The van der Waals surface area contributed by atoms with Crippen LogP contribution in [-0.2, 0) is 0 Å². The van der Waals surface area contributed by atoms with Crippen LogP contribution in [0.5, 0.6) is 0 Å². The SMILES string of the molecule is O=C1c2ccccc2C(=O)N1CCC(O)CN1CCN(C(c2ccccc2)c2ccccc2)CC1. The monoisotopic (exact) mass is 469 g/mol. The molecule has 1 N–H and O–H groups in total. The van der Waals surface area contributed by atoms with E-state index in [1.54, 1.807) is 24.3 Å². The fraction of sp³-hybridized carbons (Fsp3) is 0.310. The molecule has 180 valence electrons. The Morgan fingerprint density at radius 3 is 1.69 bits per heavy atom. The van der Waals surface area contributed by atoms with Gasteiger partial charge in [0.1, 0.15) is 0 Å². The molecule has 1 saturated heterocycles. The van der Waals surface area contributed by atoms with Crippen molar-refractivity contribution in [2.75, 3.05) is 39.3 Å². The summed E-state index contributed by atoms with van der Waals surface area (Å²) >= 11 is 0. The molecular formula is C29H31N3O3. The predicted molar refractivity (Wildman–Crippen MR) is 135 cm³/mol. The van der Waals surface area contributed by atoms with Crippen molar-refractivity contribution in [3.8, 4) is 0 Å². The van der Waals surface area contributed by atoms with Gasteiger partial charge in [-0.05, 0) is 29.7 Å². The summed E-state index contributed by atoms with van der Waals surface area (Å²) in [5, 5.41) is 10.7. The van der Waals surface area contributed by atoms with Crippen LogP contribution in [0.3, 0.4) is 0 Å². The minimum Gasteiger partial charge on any atom is -0.392 e. The number of nitrogens with zero attached hydrogens (tertiary/aromatic N) is 3. The third kappa shape index (κ3) is 5.05. The first-order valence-corrected chi connectivity index (χ1v) is 12.3. The summed E-state index contributed by atoms with van der Waals surface area (Å²) in [6.45, 7) is 4.30. The van der Waals surface area contributed by atoms with E-state index in [4.69, 9.17) is 0 Å². The number of hydrogen-bond donors (Lipinski definition) is 1. The van der Waals surface area contributed by atoms with Crippen LogP contribution in [0.15, 0.2) is 84.9 Å². The topological polar surface area (TPSA) is 64.1 Å². The Hall–Kier alpha value is -3.32. The third-order valence-electron chi connectivity index (χ3n) is 7.04. The van der Waals surface area contributed by atoms with Crippen molar-refractivity contribution >= 4 is 11.8 Å². The lowest BCUT2D eigenvalue weighted by Gasteiger charge is -2.40. The largest absolute Gasteiger partial charge is 0.392 e. The molecule has 3 aromatic rings. The molecule has 1 fully saturated rings. The Labute approximate surface area is 206 Å². The molecule has 35 heavy (non-hydrogen) atoms. The minimum absolute atomic E-state index is 0.207. The first-order chi connectivity index (χ1) is 17.1. The van der Waals surface area contributed by atoms with Gasteiger partial charge in [0.15, 0.2) is 0 Å². The van der Waals surface area contributed by atoms with Gasteiger partial charge in [-0.1, -0.05) is 72.8 Å². The molecule has 1 unspecified atom stereocenters. The van der Waals surface area contributed by atoms with E-state index in [2.05, 4.69) is 58.3 Å². The number of rotatable bonds is 8. The van der Waals surface area contributed by atoms with Crippen LogP contribution in [0, 0.1) is 0 Å². The first kappa shape index (κ1) is 23.4. The summed E-state index contributed by atoms with van der Waals surface area (Å²) in [6, 6.07) is 28.3. The first-order valence-electron chi connectivity index (χ1n) is 12.3. The molecule has 0 radical (unpaired) electrons. The van der Waals surface area contributed by atoms with Crippen molar-refractivity contribution in [2.24, 2.45) is 0 Å². The van der Waals surface area contributed by atoms with Crippen LogP contribution in [0.25, 0.3) is 0 Å². The summed E-state index contributed by atoms with van der Waals surface area (Å²) in [4.78, 5) is 31.1. The van der Waals surface area contributed by atoms with E-state index in [1.807, 2.05) is 12.1 Å². The number of hydrogen-bond acceptors (Lipinski definition) is 5. The van der Waals surface area contributed by atoms with Gasteiger partial charge in [0.25, 0.3) is 11.8 Å². The lowest BCUT2D eigenvalue weighted by Crippen LogP contribution is -2.50. The number of benzene rings is 3. The van der Waals surface area contributed by atoms with Crippen LogP contribution >= 0.6 is 0 Å². The molecule has 1 atom stereocenters. The normalized spacial score (nSPS) is 17.7. The maximum absolute atomic E-state index is 12.6. The molecule has 5 rings (SSSR count). The minimum atomic E-state index is -0.593. The zero-order chi connectivity index (χ0) is 24.2. The lowest BCUT2D eigenvalue weighted by molar-refractivity contribution is 0.0490. The average Bonchev–Trinajstić information content (AvgIpc) is 3.14. The molecule has 6 nitrogen and oxygen atoms in total. The Bertz CT molecular complexity index is 1090. The Morgan fingerprint density at radius 2 is 1.17 bits per heavy atom. The van der Waals surface area contributed by atoms with Gasteiger partial charge in [-0.2, -0.15) is 0 Å². The summed E-state index contributed by atoms with van der Waals surface area (Å²) in [5.41, 5.74) is 3.48. The number of amides is 2. The van der Waals surface area contributed by atoms with Gasteiger partial charge in [-0.25, -0.2) is 0 Å². The molecule has 0 aromatic heterocycles. The number of carbonyl (C=O) groups is 2. The number of fused-ring (bicyclic) bond motifs is 1. The molecule has 2 aliphatic heterocycles. The Kier molecular flexibility index (Phi) is 7.04. The van der Waals surface area contributed by atoms with Crippen molar-refractivity contribution in [1.82, 2.24) is 14.7 Å². The standard InChI is InChI=1S/C29H31N3O3/c33-24(15-16-32-28(34)25-13-7-8-14-26(25)29(32)35)21-30-17-19-31(20-18-30)27(22-9-3-1-4-10-22)23-11-5-2-6-12-23/h1-14,24,27,33H,15-21H2. The van der Waals surface area contributed by atoms with Gasteiger partial charge >= 0.3 is 0 Å². The highest BCUT2D eigenvalue weighted by Gasteiger charge is 2.35. The summed E-state index contributed by atoms with van der Waals surface area (Å²) in [6.07, 6.45) is -0.215. The fourth-order valence-corrected chi connectivity index (χ4v) is 5.20. The fourth-order valence-electron chi connectivity index (χ4n) is 5.20. The number of β-amino-alcohol motifs (C(OH)–C–C–N with tert-alkyl or cyclic N) is 1. The predicted octanol–water partition coefficient (Wildman–Crippen LogP) is 3.44. The molecule has 0 saturated carbocycles. The number of carbonyl (C=O) groups excluding carboxylic acids is 2. The maximum Gasteiger partial charge on any atom is 0.261 e. The van der Waals surface area contributed by atoms with Gasteiger partial charge < -0.3 is 5.11 Å². The molecule has 3 aromatic carbocycles. The highest BCUT2D eigenvalue weighted by molar-refractivity contribution is 6.21. The number of aliphatic hydroxyl groups is 1. The van der Waals surface area contributed by atoms with E-state index in [0.717, 1.165) is 26.2 Å². The third-order valence-corrected chi connectivity index (χ3v) is 7.04. The van der Waals surface area contributed by atoms with E-state index in [9.17, 15) is 14.7 Å². The van der Waals surface area contributed by atoms with Gasteiger partial charge in [0.05, 0.1) is 23.3 Å². The van der Waals surface area contributed by atoms with Crippen LogP contribution in [0.1, 0.15) is 44.3 Å². The van der Waals surface area contributed by atoms with E-state index in [1.165, 1.54) is 16.0 Å². The van der Waals surface area contributed by atoms with Crippen LogP contribution in [-0.4, -0.2) is 77.0 Å². The van der Waals surface area contributed by atoms with E-state index < -0.39 is 6.10 Å². The van der Waals surface area contributed by atoms with Gasteiger partial charge in [-0.15, -0.1) is 0 Å². The summed E-state index contributed by atoms with van der Waals surface area (Å²) < 4.78 is 0. The Balaban J connectivity index is 1.15. The number of imide groups is 1. The molecule has 0 spiro atoms. The second-order valence-corrected chi connectivity index (χ2v) is 9.31. The smallest absolute Gasteiger partial charge is 0.261 e. The van der Waals surface area contributed by atoms with Gasteiger partial charge in [0, 0.05) is 39.3 Å². The van der Waals surface area contributed by atoms with E-state index in [-0.39, 0.29) is 24.4 Å². The molecule has 6 heteroatoms. The highest BCUT2D eigenvalue weighted by atomic mass is 16.3. The highest BCUT2D eigenvalue weighted by Crippen LogP contribution is 2.29. The van der Waals surface area contributed by atoms with E-state index >= 15 is 0 Å². The van der Waals surface area contributed by atoms with Gasteiger partial charge in [0.2, 0.25) is 0 Å². The molecule has 2 heterocycles. The molecule has 0 aliphatic carbocycles.